The van der Waals surface area contributed by atoms with Crippen molar-refractivity contribution < 1.29 is 55.9 Å². The molecular weight excluding hydrogens is 528 g/mol. The molecule has 21 heteroatoms. The monoisotopic (exact) mass is 548 g/mol. The fourth-order valence-electron chi connectivity index (χ4n) is 3.67. The molecule has 0 radical (unpaired) electrons. The maximum absolute atomic E-state index is 16.0. The van der Waals surface area contributed by atoms with Gasteiger partial charge in [-0.1, -0.05) is 0 Å². The third-order valence-corrected chi connectivity index (χ3v) is 8.86. The lowest BCUT2D eigenvalue weighted by Gasteiger charge is -2.30. The van der Waals surface area contributed by atoms with Gasteiger partial charge in [-0.05, 0) is 13.3 Å². The summed E-state index contributed by atoms with van der Waals surface area (Å²) in [7, 11) is -16.8. The van der Waals surface area contributed by atoms with Gasteiger partial charge in [-0.3, -0.25) is 4.52 Å². The highest BCUT2D eigenvalue weighted by Crippen LogP contribution is 2.66. The summed E-state index contributed by atoms with van der Waals surface area (Å²) in [5.74, 6) is -1.26. The van der Waals surface area contributed by atoms with Crippen LogP contribution < -0.4 is 5.73 Å². The van der Waals surface area contributed by atoms with Gasteiger partial charge in [-0.25, -0.2) is 33.0 Å². The Morgan fingerprint density at radius 1 is 1.24 bits per heavy atom. The highest BCUT2D eigenvalue weighted by Gasteiger charge is 2.59. The van der Waals surface area contributed by atoms with Crippen molar-refractivity contribution in [3.63, 3.8) is 0 Å². The van der Waals surface area contributed by atoms with Gasteiger partial charge in [0.1, 0.15) is 17.9 Å². The fraction of sp³-hybridized carbons (Fsp3) is 0.538. The number of rotatable bonds is 9. The molecule has 2 aromatic rings. The Bertz CT molecular complexity index is 1250. The molecule has 17 nitrogen and oxygen atoms in total. The number of hydrogen-bond donors (Lipinski definition) is 7. The zero-order valence-corrected chi connectivity index (χ0v) is 19.8. The van der Waals surface area contributed by atoms with Crippen LogP contribution in [0.25, 0.3) is 11.2 Å². The SMILES string of the molecule is CC(=N)[C@@]1(F)[C@H](O)[C@@H](COP(=O)(O)OP(=O)(O)OP(=O)(O)O)C[C@H]1n1cnc2c(N)ncnc21. The summed E-state index contributed by atoms with van der Waals surface area (Å²) in [5.41, 5.74) is 2.66. The van der Waals surface area contributed by atoms with E-state index in [-0.39, 0.29) is 23.4 Å². The maximum atomic E-state index is 16.0. The number of aliphatic hydroxyl groups excluding tert-OH is 1. The molecule has 0 amide bonds. The third kappa shape index (κ3) is 5.42. The summed E-state index contributed by atoms with van der Waals surface area (Å²) < 4.78 is 63.1. The Morgan fingerprint density at radius 2 is 1.88 bits per heavy atom. The van der Waals surface area contributed by atoms with Crippen LogP contribution in [0.4, 0.5) is 10.2 Å². The minimum atomic E-state index is -5.75. The number of nitrogen functional groups attached to an aromatic ring is 1. The van der Waals surface area contributed by atoms with E-state index >= 15 is 4.39 Å². The molecule has 0 aliphatic heterocycles. The first kappa shape index (κ1) is 26.9. The van der Waals surface area contributed by atoms with Crippen molar-refractivity contribution in [3.05, 3.63) is 12.7 Å². The molecule has 34 heavy (non-hydrogen) atoms. The minimum Gasteiger partial charge on any atom is -0.389 e. The molecule has 0 aromatic carbocycles. The van der Waals surface area contributed by atoms with Crippen molar-refractivity contribution in [3.8, 4) is 0 Å². The van der Waals surface area contributed by atoms with Crippen molar-refractivity contribution in [1.29, 1.82) is 5.41 Å². The van der Waals surface area contributed by atoms with Crippen LogP contribution in [0, 0.1) is 11.3 Å². The first-order valence-electron chi connectivity index (χ1n) is 9.11. The second-order valence-electron chi connectivity index (χ2n) is 7.32. The molecule has 0 saturated heterocycles. The van der Waals surface area contributed by atoms with E-state index in [9.17, 15) is 28.6 Å². The molecule has 190 valence electrons. The van der Waals surface area contributed by atoms with Crippen LogP contribution in [-0.2, 0) is 26.8 Å². The summed E-state index contributed by atoms with van der Waals surface area (Å²) in [4.78, 5) is 47.7. The van der Waals surface area contributed by atoms with Crippen LogP contribution in [-0.4, -0.2) is 68.3 Å². The average Bonchev–Trinajstić information content (AvgIpc) is 3.19. The molecule has 0 spiro atoms. The van der Waals surface area contributed by atoms with Gasteiger partial charge in [0.2, 0.25) is 0 Å². The Morgan fingerprint density at radius 3 is 2.47 bits per heavy atom. The maximum Gasteiger partial charge on any atom is 0.490 e. The summed E-state index contributed by atoms with van der Waals surface area (Å²) in [5, 5.41) is 18.5. The van der Waals surface area contributed by atoms with E-state index in [0.717, 1.165) is 13.3 Å². The number of fused-ring (bicyclic) bond motifs is 1. The van der Waals surface area contributed by atoms with Crippen molar-refractivity contribution in [2.24, 2.45) is 5.92 Å². The number of anilines is 1. The average molecular weight is 548 g/mol. The number of halogens is 1. The van der Waals surface area contributed by atoms with Crippen molar-refractivity contribution in [2.75, 3.05) is 12.3 Å². The van der Waals surface area contributed by atoms with Gasteiger partial charge in [0.05, 0.1) is 19.0 Å². The number of hydrogen-bond acceptors (Lipinski definition) is 12. The van der Waals surface area contributed by atoms with E-state index in [1.165, 1.54) is 10.9 Å². The van der Waals surface area contributed by atoms with Crippen LogP contribution in [0.5, 0.6) is 0 Å². The lowest BCUT2D eigenvalue weighted by molar-refractivity contribution is 0.00891. The van der Waals surface area contributed by atoms with Gasteiger partial charge >= 0.3 is 23.5 Å². The molecule has 1 aliphatic rings. The number of aromatic nitrogens is 4. The molecule has 1 saturated carbocycles. The number of aliphatic hydroxyl groups is 1. The van der Waals surface area contributed by atoms with E-state index < -0.39 is 59.5 Å². The number of imidazole rings is 1. The van der Waals surface area contributed by atoms with Crippen LogP contribution in [0.2, 0.25) is 0 Å². The normalized spacial score (nSPS) is 29.1. The molecule has 8 N–H and O–H groups in total. The second kappa shape index (κ2) is 9.08. The molecule has 2 aromatic heterocycles. The van der Waals surface area contributed by atoms with Crippen LogP contribution in [0.15, 0.2) is 12.7 Å². The molecule has 3 rings (SSSR count). The zero-order valence-electron chi connectivity index (χ0n) is 17.1. The topological polar surface area (TPSA) is 274 Å². The molecule has 2 heterocycles. The fourth-order valence-corrected chi connectivity index (χ4v) is 6.74. The van der Waals surface area contributed by atoms with Crippen molar-refractivity contribution >= 4 is 46.2 Å². The molecule has 2 unspecified atom stereocenters. The van der Waals surface area contributed by atoms with E-state index in [0.29, 0.717) is 0 Å². The third-order valence-electron chi connectivity index (χ3n) is 5.05. The van der Waals surface area contributed by atoms with Crippen LogP contribution in [0.1, 0.15) is 19.4 Å². The van der Waals surface area contributed by atoms with E-state index in [2.05, 4.69) is 28.1 Å². The number of phosphoric ester groups is 1. The summed E-state index contributed by atoms with van der Waals surface area (Å²) in [6, 6.07) is -1.30. The van der Waals surface area contributed by atoms with Gasteiger partial charge in [0.25, 0.3) is 0 Å². The summed E-state index contributed by atoms with van der Waals surface area (Å²) in [6.07, 6.45) is 0.0261. The smallest absolute Gasteiger partial charge is 0.389 e. The molecule has 1 aliphatic carbocycles. The molecule has 0 bridgehead atoms. The summed E-state index contributed by atoms with van der Waals surface area (Å²) in [6.45, 7) is 0.174. The molecule has 1 fully saturated rings. The predicted octanol–water partition coefficient (Wildman–Crippen LogP) is 0.422. The van der Waals surface area contributed by atoms with Gasteiger partial charge in [0, 0.05) is 11.6 Å². The van der Waals surface area contributed by atoms with Gasteiger partial charge in [-0.2, -0.15) is 8.62 Å². The van der Waals surface area contributed by atoms with Gasteiger partial charge in [0.15, 0.2) is 17.1 Å². The molecular formula is C13H20FN6O11P3. The van der Waals surface area contributed by atoms with Gasteiger partial charge < -0.3 is 40.4 Å². The van der Waals surface area contributed by atoms with Crippen molar-refractivity contribution in [1.82, 2.24) is 19.5 Å². The van der Waals surface area contributed by atoms with Crippen molar-refractivity contribution in [2.45, 2.75) is 31.2 Å². The number of nitrogens with one attached hydrogen (secondary N) is 1. The Hall–Kier alpha value is -1.68. The Labute approximate surface area is 189 Å². The molecule has 6 atom stereocenters. The minimum absolute atomic E-state index is 0.00235. The summed E-state index contributed by atoms with van der Waals surface area (Å²) >= 11 is 0. The number of alkyl halides is 1. The Balaban J connectivity index is 1.83. The number of phosphoric acid groups is 3. The van der Waals surface area contributed by atoms with E-state index in [4.69, 9.17) is 20.9 Å². The van der Waals surface area contributed by atoms with Gasteiger partial charge in [-0.15, -0.1) is 0 Å². The highest BCUT2D eigenvalue weighted by atomic mass is 31.3. The van der Waals surface area contributed by atoms with E-state index in [1.807, 2.05) is 0 Å². The second-order valence-corrected chi connectivity index (χ2v) is 11.7. The predicted molar refractivity (Wildman–Crippen MR) is 110 cm³/mol. The van der Waals surface area contributed by atoms with Crippen LogP contribution in [0.3, 0.4) is 0 Å². The number of nitrogens with two attached hydrogens (primary N) is 1. The van der Waals surface area contributed by atoms with Crippen LogP contribution >= 0.6 is 23.5 Å². The first-order valence-corrected chi connectivity index (χ1v) is 13.6. The zero-order chi connectivity index (χ0) is 25.7. The lowest BCUT2D eigenvalue weighted by atomic mass is 9.91. The first-order chi connectivity index (χ1) is 15.5. The van der Waals surface area contributed by atoms with E-state index in [1.54, 1.807) is 0 Å². The quantitative estimate of drug-likeness (QED) is 0.165. The number of nitrogens with zero attached hydrogens (tertiary/aromatic N) is 4. The highest BCUT2D eigenvalue weighted by molar-refractivity contribution is 7.66. The largest absolute Gasteiger partial charge is 0.490 e. The lowest BCUT2D eigenvalue weighted by Crippen LogP contribution is -2.47. The standard InChI is InChI=1S/C13H20FN6O11P3/c1-6(15)13(14)8(20-5-19-9-11(16)17-4-18-12(9)20)2-7(10(13)21)3-29-33(25,26)31-34(27,28)30-32(22,23)24/h4-5,7-8,10,15,21H,2-3H2,1H3,(H,25,26)(H,27,28)(H2,16,17,18)(H2,22,23,24)/t7-,8-,10-,13+/m1/s1. The Kier molecular flexibility index (Phi) is 7.19.